The SMILES string of the molecule is CCn1c(=O)c2ccccc2n(CC(=O)N(Cc2cccnc2)c2ccc(Cl)cc2Cl)c1=O. The van der Waals surface area contributed by atoms with Gasteiger partial charge in [0.25, 0.3) is 5.56 Å². The van der Waals surface area contributed by atoms with Crippen LogP contribution in [0.1, 0.15) is 12.5 Å². The number of amides is 1. The summed E-state index contributed by atoms with van der Waals surface area (Å²) < 4.78 is 2.44. The topological polar surface area (TPSA) is 77.2 Å². The monoisotopic (exact) mass is 482 g/mol. The number of anilines is 1. The lowest BCUT2D eigenvalue weighted by atomic mass is 10.2. The van der Waals surface area contributed by atoms with Crippen molar-refractivity contribution in [2.24, 2.45) is 0 Å². The molecule has 1 amide bonds. The van der Waals surface area contributed by atoms with Crippen LogP contribution in [0.3, 0.4) is 0 Å². The van der Waals surface area contributed by atoms with Crippen molar-refractivity contribution in [1.82, 2.24) is 14.1 Å². The molecule has 0 aliphatic heterocycles. The minimum atomic E-state index is -0.543. The van der Waals surface area contributed by atoms with Crippen molar-refractivity contribution in [3.05, 3.63) is 103 Å². The first-order chi connectivity index (χ1) is 15.9. The van der Waals surface area contributed by atoms with Crippen LogP contribution < -0.4 is 16.1 Å². The van der Waals surface area contributed by atoms with Crippen LogP contribution in [0.5, 0.6) is 0 Å². The highest BCUT2D eigenvalue weighted by atomic mass is 35.5. The largest absolute Gasteiger partial charge is 0.331 e. The maximum Gasteiger partial charge on any atom is 0.331 e. The fraction of sp³-hybridized carbons (Fsp3) is 0.167. The molecule has 9 heteroatoms. The highest BCUT2D eigenvalue weighted by Crippen LogP contribution is 2.30. The fourth-order valence-corrected chi connectivity index (χ4v) is 4.22. The van der Waals surface area contributed by atoms with Crippen molar-refractivity contribution in [3.8, 4) is 0 Å². The van der Waals surface area contributed by atoms with Crippen LogP contribution in [-0.4, -0.2) is 20.0 Å². The summed E-state index contributed by atoms with van der Waals surface area (Å²) in [6.45, 7) is 1.82. The molecule has 0 saturated heterocycles. The Morgan fingerprint density at radius 3 is 2.52 bits per heavy atom. The molecule has 0 fully saturated rings. The number of para-hydroxylation sites is 1. The van der Waals surface area contributed by atoms with Crippen LogP contribution in [0, 0.1) is 0 Å². The number of fused-ring (bicyclic) bond motifs is 1. The van der Waals surface area contributed by atoms with Crippen LogP contribution >= 0.6 is 23.2 Å². The Labute approximate surface area is 199 Å². The number of hydrogen-bond donors (Lipinski definition) is 0. The van der Waals surface area contributed by atoms with Gasteiger partial charge in [0, 0.05) is 24.0 Å². The van der Waals surface area contributed by atoms with Gasteiger partial charge in [0.05, 0.1) is 28.2 Å². The third-order valence-corrected chi connectivity index (χ3v) is 5.84. The van der Waals surface area contributed by atoms with E-state index in [4.69, 9.17) is 23.2 Å². The van der Waals surface area contributed by atoms with E-state index in [0.29, 0.717) is 26.6 Å². The third kappa shape index (κ3) is 4.55. The molecule has 0 unspecified atom stereocenters. The van der Waals surface area contributed by atoms with Gasteiger partial charge in [0.15, 0.2) is 0 Å². The zero-order valence-electron chi connectivity index (χ0n) is 17.7. The van der Waals surface area contributed by atoms with Gasteiger partial charge >= 0.3 is 5.69 Å². The molecule has 0 spiro atoms. The molecule has 0 aliphatic rings. The van der Waals surface area contributed by atoms with Gasteiger partial charge in [-0.25, -0.2) is 4.79 Å². The van der Waals surface area contributed by atoms with Crippen molar-refractivity contribution < 1.29 is 4.79 Å². The summed E-state index contributed by atoms with van der Waals surface area (Å²) in [5.74, 6) is -0.378. The van der Waals surface area contributed by atoms with E-state index in [-0.39, 0.29) is 31.1 Å². The van der Waals surface area contributed by atoms with E-state index >= 15 is 0 Å². The Hall–Kier alpha value is -3.42. The number of halogens is 2. The van der Waals surface area contributed by atoms with E-state index < -0.39 is 5.69 Å². The smallest absolute Gasteiger partial charge is 0.305 e. The molecule has 2 heterocycles. The Morgan fingerprint density at radius 2 is 1.82 bits per heavy atom. The van der Waals surface area contributed by atoms with E-state index in [2.05, 4.69) is 4.98 Å². The zero-order chi connectivity index (χ0) is 23.5. The van der Waals surface area contributed by atoms with E-state index in [1.54, 1.807) is 67.8 Å². The number of rotatable bonds is 6. The molecule has 7 nitrogen and oxygen atoms in total. The lowest BCUT2D eigenvalue weighted by molar-refractivity contribution is -0.119. The average Bonchev–Trinajstić information content (AvgIpc) is 2.81. The molecule has 4 aromatic rings. The number of hydrogen-bond acceptors (Lipinski definition) is 4. The zero-order valence-corrected chi connectivity index (χ0v) is 19.3. The van der Waals surface area contributed by atoms with E-state index in [1.165, 1.54) is 9.47 Å². The number of carbonyl (C=O) groups excluding carboxylic acids is 1. The number of nitrogens with zero attached hydrogens (tertiary/aromatic N) is 4. The lowest BCUT2D eigenvalue weighted by Gasteiger charge is -2.25. The molecule has 2 aromatic carbocycles. The predicted molar refractivity (Wildman–Crippen MR) is 130 cm³/mol. The van der Waals surface area contributed by atoms with Gasteiger partial charge < -0.3 is 4.90 Å². The summed E-state index contributed by atoms with van der Waals surface area (Å²) in [7, 11) is 0. The van der Waals surface area contributed by atoms with Crippen molar-refractivity contribution in [3.63, 3.8) is 0 Å². The first-order valence-corrected chi connectivity index (χ1v) is 11.0. The molecule has 0 atom stereocenters. The minimum absolute atomic E-state index is 0.189. The fourth-order valence-electron chi connectivity index (χ4n) is 3.71. The summed E-state index contributed by atoms with van der Waals surface area (Å²) in [5.41, 5.74) is 0.714. The molecular weight excluding hydrogens is 463 g/mol. The molecule has 0 aliphatic carbocycles. The highest BCUT2D eigenvalue weighted by Gasteiger charge is 2.22. The van der Waals surface area contributed by atoms with Gasteiger partial charge in [-0.15, -0.1) is 0 Å². The second kappa shape index (κ2) is 9.60. The summed E-state index contributed by atoms with van der Waals surface area (Å²) >= 11 is 12.5. The van der Waals surface area contributed by atoms with Crippen LogP contribution in [0.4, 0.5) is 5.69 Å². The van der Waals surface area contributed by atoms with Crippen molar-refractivity contribution in [1.29, 1.82) is 0 Å². The van der Waals surface area contributed by atoms with Crippen LogP contribution in [0.2, 0.25) is 10.0 Å². The Balaban J connectivity index is 1.82. The van der Waals surface area contributed by atoms with Gasteiger partial charge in [0.2, 0.25) is 5.91 Å². The summed E-state index contributed by atoms with van der Waals surface area (Å²) in [4.78, 5) is 45.0. The van der Waals surface area contributed by atoms with E-state index in [9.17, 15) is 14.4 Å². The number of pyridine rings is 1. The van der Waals surface area contributed by atoms with Gasteiger partial charge in [0.1, 0.15) is 6.54 Å². The van der Waals surface area contributed by atoms with E-state index in [0.717, 1.165) is 10.1 Å². The minimum Gasteiger partial charge on any atom is -0.305 e. The second-order valence-electron chi connectivity index (χ2n) is 7.37. The lowest BCUT2D eigenvalue weighted by Crippen LogP contribution is -2.43. The number of benzene rings is 2. The first-order valence-electron chi connectivity index (χ1n) is 10.3. The molecule has 4 rings (SSSR count). The number of carbonyl (C=O) groups is 1. The second-order valence-corrected chi connectivity index (χ2v) is 8.22. The summed E-state index contributed by atoms with van der Waals surface area (Å²) in [6.07, 6.45) is 3.30. The molecule has 0 bridgehead atoms. The molecule has 168 valence electrons. The first kappa shape index (κ1) is 22.8. The van der Waals surface area contributed by atoms with Crippen LogP contribution in [-0.2, 0) is 24.4 Å². The normalized spacial score (nSPS) is 11.0. The van der Waals surface area contributed by atoms with Crippen LogP contribution in [0.15, 0.2) is 76.6 Å². The Bertz CT molecular complexity index is 1450. The Kier molecular flexibility index (Phi) is 6.62. The molecule has 2 aromatic heterocycles. The van der Waals surface area contributed by atoms with Gasteiger partial charge in [-0.05, 0) is 48.9 Å². The molecule has 0 radical (unpaired) electrons. The van der Waals surface area contributed by atoms with Gasteiger partial charge in [-0.2, -0.15) is 0 Å². The van der Waals surface area contributed by atoms with Crippen molar-refractivity contribution >= 4 is 45.7 Å². The standard InChI is InChI=1S/C24H20Cl2N4O3/c1-2-28-23(32)18-7-3-4-8-20(18)30(24(28)33)15-22(31)29(14-16-6-5-11-27-13-16)21-10-9-17(25)12-19(21)26/h3-13H,2,14-15H2,1H3. The molecule has 33 heavy (non-hydrogen) atoms. The molecule has 0 N–H and O–H groups in total. The van der Waals surface area contributed by atoms with E-state index in [1.807, 2.05) is 6.07 Å². The van der Waals surface area contributed by atoms with Crippen molar-refractivity contribution in [2.75, 3.05) is 4.90 Å². The van der Waals surface area contributed by atoms with Gasteiger partial charge in [-0.1, -0.05) is 41.4 Å². The highest BCUT2D eigenvalue weighted by molar-refractivity contribution is 6.36. The summed E-state index contributed by atoms with van der Waals surface area (Å²) in [6, 6.07) is 15.2. The maximum atomic E-state index is 13.6. The molecule has 0 saturated carbocycles. The maximum absolute atomic E-state index is 13.6. The third-order valence-electron chi connectivity index (χ3n) is 5.31. The quantitative estimate of drug-likeness (QED) is 0.414. The Morgan fingerprint density at radius 1 is 1.03 bits per heavy atom. The van der Waals surface area contributed by atoms with Crippen molar-refractivity contribution in [2.45, 2.75) is 26.6 Å². The van der Waals surface area contributed by atoms with Gasteiger partial charge in [-0.3, -0.25) is 23.7 Å². The molecular formula is C24H20Cl2N4O3. The summed E-state index contributed by atoms with van der Waals surface area (Å²) in [5, 5.41) is 1.11. The number of aromatic nitrogens is 3. The predicted octanol–water partition coefficient (Wildman–Crippen LogP) is 4.12. The average molecular weight is 483 g/mol. The van der Waals surface area contributed by atoms with Crippen LogP contribution in [0.25, 0.3) is 10.9 Å².